The monoisotopic (exact) mass is 369 g/mol. The third-order valence-corrected chi connectivity index (χ3v) is 4.48. The first-order valence-corrected chi connectivity index (χ1v) is 8.62. The Hall–Kier alpha value is -3.98. The van der Waals surface area contributed by atoms with Crippen molar-refractivity contribution in [3.8, 4) is 28.5 Å². The normalized spacial score (nSPS) is 12.1. The number of nitriles is 1. The molecular weight excluding hydrogens is 353 g/mol. The predicted molar refractivity (Wildman–Crippen MR) is 109 cm³/mol. The van der Waals surface area contributed by atoms with Gasteiger partial charge in [-0.3, -0.25) is 0 Å². The van der Waals surface area contributed by atoms with Crippen molar-refractivity contribution < 1.29 is 4.39 Å². The summed E-state index contributed by atoms with van der Waals surface area (Å²) in [5, 5.41) is 15.4. The fraction of sp³-hybridized carbons (Fsp3) is 0.0455. The molecule has 136 valence electrons. The van der Waals surface area contributed by atoms with Crippen LogP contribution in [-0.4, -0.2) is 17.0 Å². The second-order valence-corrected chi connectivity index (χ2v) is 6.29. The van der Waals surface area contributed by atoms with Crippen molar-refractivity contribution in [3.63, 3.8) is 0 Å². The predicted octanol–water partition coefficient (Wildman–Crippen LogP) is 4.82. The molecule has 2 aromatic heterocycles. The van der Waals surface area contributed by atoms with Gasteiger partial charge in [-0.15, -0.1) is 0 Å². The molecule has 0 aliphatic carbocycles. The number of fused-ring (bicyclic) bond motifs is 1. The van der Waals surface area contributed by atoms with E-state index in [1.165, 1.54) is 12.1 Å². The van der Waals surface area contributed by atoms with E-state index in [0.29, 0.717) is 17.1 Å². The van der Waals surface area contributed by atoms with E-state index in [4.69, 9.17) is 4.98 Å². The number of nitrogens with one attached hydrogen (secondary N) is 2. The van der Waals surface area contributed by atoms with Gasteiger partial charge in [-0.1, -0.05) is 6.58 Å². The minimum Gasteiger partial charge on any atom is -0.373 e. The number of halogens is 1. The van der Waals surface area contributed by atoms with Gasteiger partial charge in [0.05, 0.1) is 11.3 Å². The maximum absolute atomic E-state index is 13.8. The number of allylic oxidation sites excluding steroid dienone is 1. The highest BCUT2D eigenvalue weighted by molar-refractivity contribution is 5.87. The van der Waals surface area contributed by atoms with Crippen molar-refractivity contribution in [1.82, 2.24) is 9.97 Å². The molecule has 3 aromatic rings. The summed E-state index contributed by atoms with van der Waals surface area (Å²) in [5.74, 6) is 0.832. The van der Waals surface area contributed by atoms with Gasteiger partial charge in [-0.25, -0.2) is 14.4 Å². The molecule has 2 N–H and O–H groups in total. The van der Waals surface area contributed by atoms with Crippen LogP contribution in [0.3, 0.4) is 0 Å². The Morgan fingerprint density at radius 1 is 1.14 bits per heavy atom. The van der Waals surface area contributed by atoms with Crippen LogP contribution in [0.5, 0.6) is 0 Å². The van der Waals surface area contributed by atoms with E-state index >= 15 is 0 Å². The van der Waals surface area contributed by atoms with Crippen LogP contribution in [0.1, 0.15) is 11.1 Å². The summed E-state index contributed by atoms with van der Waals surface area (Å²) in [4.78, 5) is 9.04. The maximum atomic E-state index is 13.8. The highest BCUT2D eigenvalue weighted by atomic mass is 19.1. The van der Waals surface area contributed by atoms with E-state index in [9.17, 15) is 9.65 Å². The molecule has 0 fully saturated rings. The zero-order valence-electron chi connectivity index (χ0n) is 15.1. The number of pyridine rings is 2. The van der Waals surface area contributed by atoms with E-state index in [2.05, 4.69) is 22.2 Å². The summed E-state index contributed by atoms with van der Waals surface area (Å²) in [6.07, 6.45) is 5.54. The summed E-state index contributed by atoms with van der Waals surface area (Å²) in [6, 6.07) is 12.1. The Bertz CT molecular complexity index is 1170. The number of nitrogens with zero attached hydrogens (tertiary/aromatic N) is 3. The van der Waals surface area contributed by atoms with Crippen molar-refractivity contribution in [2.75, 3.05) is 17.7 Å². The van der Waals surface area contributed by atoms with Crippen molar-refractivity contribution in [1.29, 1.82) is 5.26 Å². The molecule has 0 bridgehead atoms. The van der Waals surface area contributed by atoms with E-state index in [1.54, 1.807) is 19.3 Å². The van der Waals surface area contributed by atoms with Gasteiger partial charge in [0.15, 0.2) is 0 Å². The molecule has 0 saturated carbocycles. The molecule has 0 amide bonds. The molecule has 0 radical (unpaired) electrons. The summed E-state index contributed by atoms with van der Waals surface area (Å²) in [7, 11) is 1.80. The summed E-state index contributed by atoms with van der Waals surface area (Å²) >= 11 is 0. The van der Waals surface area contributed by atoms with E-state index in [0.717, 1.165) is 28.2 Å². The SMILES string of the molecule is C=C1C=Cc2cc(-c3ccnc(NC)c3)c(-c3ccc(F)c(C#N)c3)nc2N1. The lowest BCUT2D eigenvalue weighted by atomic mass is 9.96. The smallest absolute Gasteiger partial charge is 0.140 e. The summed E-state index contributed by atoms with van der Waals surface area (Å²) in [5.41, 5.74) is 4.68. The summed E-state index contributed by atoms with van der Waals surface area (Å²) in [6.45, 7) is 3.91. The lowest BCUT2D eigenvalue weighted by molar-refractivity contribution is 0.624. The third kappa shape index (κ3) is 3.10. The largest absolute Gasteiger partial charge is 0.373 e. The standard InChI is InChI=1S/C22H16FN5/c1-13-3-4-16-10-18(14-7-8-26-20(11-14)25-2)21(28-22(16)27-13)15-5-6-19(23)17(9-15)12-24/h3-11H,1H2,2H3,(H,25,26)(H,27,28). The second-order valence-electron chi connectivity index (χ2n) is 6.29. The zero-order chi connectivity index (χ0) is 19.7. The molecule has 3 heterocycles. The fourth-order valence-electron chi connectivity index (χ4n) is 3.07. The molecule has 6 heteroatoms. The number of aromatic nitrogens is 2. The van der Waals surface area contributed by atoms with Gasteiger partial charge in [0.1, 0.15) is 23.5 Å². The average molecular weight is 369 g/mol. The zero-order valence-corrected chi connectivity index (χ0v) is 15.1. The van der Waals surface area contributed by atoms with Gasteiger partial charge in [0.25, 0.3) is 0 Å². The maximum Gasteiger partial charge on any atom is 0.140 e. The van der Waals surface area contributed by atoms with Gasteiger partial charge < -0.3 is 10.6 Å². The van der Waals surface area contributed by atoms with Crippen LogP contribution in [0.25, 0.3) is 28.5 Å². The van der Waals surface area contributed by atoms with Crippen LogP contribution in [0.4, 0.5) is 16.0 Å². The Morgan fingerprint density at radius 2 is 2.00 bits per heavy atom. The molecule has 0 saturated heterocycles. The molecule has 0 unspecified atom stereocenters. The molecule has 5 nitrogen and oxygen atoms in total. The van der Waals surface area contributed by atoms with Gasteiger partial charge in [0.2, 0.25) is 0 Å². The Morgan fingerprint density at radius 3 is 2.79 bits per heavy atom. The van der Waals surface area contributed by atoms with Gasteiger partial charge in [-0.05, 0) is 54.1 Å². The molecule has 4 rings (SSSR count). The van der Waals surface area contributed by atoms with Crippen LogP contribution in [0.2, 0.25) is 0 Å². The fourth-order valence-corrected chi connectivity index (χ4v) is 3.07. The first-order valence-electron chi connectivity index (χ1n) is 8.62. The molecule has 0 atom stereocenters. The Kier molecular flexibility index (Phi) is 4.34. The van der Waals surface area contributed by atoms with Crippen LogP contribution >= 0.6 is 0 Å². The lowest BCUT2D eigenvalue weighted by Gasteiger charge is -2.19. The number of benzene rings is 1. The van der Waals surface area contributed by atoms with Crippen LogP contribution in [0, 0.1) is 17.1 Å². The van der Waals surface area contributed by atoms with Crippen molar-refractivity contribution >= 4 is 17.7 Å². The number of hydrogen-bond acceptors (Lipinski definition) is 5. The van der Waals surface area contributed by atoms with Gasteiger partial charge in [-0.2, -0.15) is 5.26 Å². The average Bonchev–Trinajstić information content (AvgIpc) is 2.73. The highest BCUT2D eigenvalue weighted by Gasteiger charge is 2.17. The van der Waals surface area contributed by atoms with Crippen LogP contribution in [-0.2, 0) is 0 Å². The molecule has 1 aliphatic rings. The molecule has 28 heavy (non-hydrogen) atoms. The third-order valence-electron chi connectivity index (χ3n) is 4.48. The minimum absolute atomic E-state index is 0.0223. The van der Waals surface area contributed by atoms with Crippen LogP contribution in [0.15, 0.2) is 60.9 Å². The van der Waals surface area contributed by atoms with E-state index in [1.807, 2.05) is 36.4 Å². The van der Waals surface area contributed by atoms with Crippen molar-refractivity contribution in [3.05, 3.63) is 77.9 Å². The molecule has 0 spiro atoms. The minimum atomic E-state index is -0.554. The van der Waals surface area contributed by atoms with E-state index in [-0.39, 0.29) is 5.56 Å². The topological polar surface area (TPSA) is 73.6 Å². The second kappa shape index (κ2) is 6.97. The summed E-state index contributed by atoms with van der Waals surface area (Å²) < 4.78 is 13.8. The number of hydrogen-bond donors (Lipinski definition) is 2. The lowest BCUT2D eigenvalue weighted by Crippen LogP contribution is -2.06. The molecular formula is C22H16FN5. The Balaban J connectivity index is 1.98. The van der Waals surface area contributed by atoms with Crippen molar-refractivity contribution in [2.24, 2.45) is 0 Å². The Labute approximate surface area is 161 Å². The van der Waals surface area contributed by atoms with Gasteiger partial charge in [0, 0.05) is 35.6 Å². The number of rotatable bonds is 3. The molecule has 1 aromatic carbocycles. The molecule has 1 aliphatic heterocycles. The van der Waals surface area contributed by atoms with Gasteiger partial charge >= 0.3 is 0 Å². The van der Waals surface area contributed by atoms with E-state index < -0.39 is 5.82 Å². The highest BCUT2D eigenvalue weighted by Crippen LogP contribution is 2.37. The number of anilines is 2. The van der Waals surface area contributed by atoms with Crippen molar-refractivity contribution in [2.45, 2.75) is 0 Å². The first kappa shape index (κ1) is 17.4. The van der Waals surface area contributed by atoms with Crippen LogP contribution < -0.4 is 10.6 Å². The first-order chi connectivity index (χ1) is 13.6. The quantitative estimate of drug-likeness (QED) is 0.693.